The summed E-state index contributed by atoms with van der Waals surface area (Å²) in [6, 6.07) is 9.18. The van der Waals surface area contributed by atoms with Crippen LogP contribution in [0.1, 0.15) is 74.6 Å². The minimum atomic E-state index is -0.968. The van der Waals surface area contributed by atoms with E-state index in [1.54, 1.807) is 0 Å². The van der Waals surface area contributed by atoms with Gasteiger partial charge in [0.25, 0.3) is 0 Å². The molecule has 3 heterocycles. The Morgan fingerprint density at radius 3 is 2.57 bits per heavy atom. The van der Waals surface area contributed by atoms with Crippen LogP contribution in [0.25, 0.3) is 0 Å². The molecule has 1 aliphatic carbocycles. The second kappa shape index (κ2) is 10.4. The van der Waals surface area contributed by atoms with E-state index < -0.39 is 23.7 Å². The van der Waals surface area contributed by atoms with Crippen molar-refractivity contribution in [1.29, 1.82) is 0 Å². The minimum absolute atomic E-state index is 0.0312. The lowest BCUT2D eigenvalue weighted by molar-refractivity contribution is -0.132. The first-order valence-corrected chi connectivity index (χ1v) is 12.7. The number of likely N-dealkylation sites (tertiary alicyclic amines) is 2. The van der Waals surface area contributed by atoms with Crippen molar-refractivity contribution in [3.05, 3.63) is 65.5 Å². The van der Waals surface area contributed by atoms with Crippen LogP contribution in [0, 0.1) is 11.6 Å². The Bertz CT molecular complexity index is 1060. The lowest BCUT2D eigenvalue weighted by Gasteiger charge is -2.36. The molecule has 5 rings (SSSR count). The van der Waals surface area contributed by atoms with Gasteiger partial charge in [0.1, 0.15) is 0 Å². The van der Waals surface area contributed by atoms with Gasteiger partial charge in [-0.05, 0) is 74.8 Å². The minimum Gasteiger partial charge on any atom is -0.334 e. The fourth-order valence-electron chi connectivity index (χ4n) is 6.00. The van der Waals surface area contributed by atoms with Crippen LogP contribution in [0.5, 0.6) is 0 Å². The van der Waals surface area contributed by atoms with Crippen LogP contribution in [-0.4, -0.2) is 51.9 Å². The predicted molar refractivity (Wildman–Crippen MR) is 128 cm³/mol. The number of imide groups is 1. The standard InChI is InChI=1S/C27H32F2N4O2/c28-22-12-9-19(16-23(22)29)25-5-3-6-26(34)33(25)27(35)31-20-13-15-32(17-20)21-10-7-18(8-11-21)24-4-1-2-14-30-24/h1-2,4,9,12,14,16,18,20-21,25H,3,5-8,10-11,13,15,17H2,(H,31,35)/t18?,20-,21?,25?/m1/s1. The Labute approximate surface area is 204 Å². The number of hydrogen-bond acceptors (Lipinski definition) is 4. The van der Waals surface area contributed by atoms with Crippen molar-refractivity contribution in [2.75, 3.05) is 13.1 Å². The van der Waals surface area contributed by atoms with Crippen LogP contribution >= 0.6 is 0 Å². The third-order valence-corrected chi connectivity index (χ3v) is 7.86. The lowest BCUT2D eigenvalue weighted by Crippen LogP contribution is -2.51. The van der Waals surface area contributed by atoms with E-state index in [2.05, 4.69) is 21.3 Å². The van der Waals surface area contributed by atoms with E-state index >= 15 is 0 Å². The second-order valence-electron chi connectivity index (χ2n) is 10.0. The van der Waals surface area contributed by atoms with Gasteiger partial charge >= 0.3 is 6.03 Å². The molecular weight excluding hydrogens is 450 g/mol. The fourth-order valence-corrected chi connectivity index (χ4v) is 6.00. The maximum Gasteiger partial charge on any atom is 0.324 e. The van der Waals surface area contributed by atoms with E-state index in [0.29, 0.717) is 30.4 Å². The number of piperidine rings is 1. The van der Waals surface area contributed by atoms with Crippen molar-refractivity contribution in [3.63, 3.8) is 0 Å². The van der Waals surface area contributed by atoms with Crippen LogP contribution < -0.4 is 5.32 Å². The number of rotatable bonds is 4. The molecule has 8 heteroatoms. The summed E-state index contributed by atoms with van der Waals surface area (Å²) in [7, 11) is 0. The Hall–Kier alpha value is -2.87. The molecule has 3 aliphatic rings. The topological polar surface area (TPSA) is 65.5 Å². The van der Waals surface area contributed by atoms with Crippen molar-refractivity contribution < 1.29 is 18.4 Å². The van der Waals surface area contributed by atoms with Crippen LogP contribution in [-0.2, 0) is 4.79 Å². The molecule has 2 atom stereocenters. The van der Waals surface area contributed by atoms with Gasteiger partial charge in [-0.3, -0.25) is 19.6 Å². The summed E-state index contributed by atoms with van der Waals surface area (Å²) in [5.41, 5.74) is 1.63. The first kappa shape index (κ1) is 23.9. The summed E-state index contributed by atoms with van der Waals surface area (Å²) in [6.45, 7) is 1.69. The number of aromatic nitrogens is 1. The highest BCUT2D eigenvalue weighted by molar-refractivity contribution is 5.95. The molecule has 1 unspecified atom stereocenters. The first-order valence-electron chi connectivity index (χ1n) is 12.7. The molecule has 0 spiro atoms. The van der Waals surface area contributed by atoms with Crippen molar-refractivity contribution in [2.24, 2.45) is 0 Å². The third-order valence-electron chi connectivity index (χ3n) is 7.86. The number of carbonyl (C=O) groups excluding carboxylic acids is 2. The van der Waals surface area contributed by atoms with Crippen LogP contribution in [0.4, 0.5) is 13.6 Å². The van der Waals surface area contributed by atoms with E-state index in [4.69, 9.17) is 0 Å². The van der Waals surface area contributed by atoms with Gasteiger partial charge in [-0.1, -0.05) is 12.1 Å². The molecule has 6 nitrogen and oxygen atoms in total. The molecule has 0 radical (unpaired) electrons. The number of pyridine rings is 1. The Balaban J connectivity index is 1.17. The summed E-state index contributed by atoms with van der Waals surface area (Å²) in [5, 5.41) is 3.06. The highest BCUT2D eigenvalue weighted by atomic mass is 19.2. The van der Waals surface area contributed by atoms with Crippen LogP contribution in [0.15, 0.2) is 42.6 Å². The zero-order valence-corrected chi connectivity index (χ0v) is 19.8. The monoisotopic (exact) mass is 482 g/mol. The lowest BCUT2D eigenvalue weighted by atomic mass is 9.83. The molecule has 1 saturated carbocycles. The molecule has 2 aromatic rings. The zero-order chi connectivity index (χ0) is 24.4. The number of urea groups is 1. The van der Waals surface area contributed by atoms with Crippen molar-refractivity contribution in [1.82, 2.24) is 20.1 Å². The zero-order valence-electron chi connectivity index (χ0n) is 19.8. The van der Waals surface area contributed by atoms with Crippen LogP contribution in [0.2, 0.25) is 0 Å². The van der Waals surface area contributed by atoms with E-state index in [0.717, 1.165) is 57.3 Å². The highest BCUT2D eigenvalue weighted by Crippen LogP contribution is 2.35. The fraction of sp³-hybridized carbons (Fsp3) is 0.519. The smallest absolute Gasteiger partial charge is 0.324 e. The molecule has 186 valence electrons. The van der Waals surface area contributed by atoms with E-state index in [-0.39, 0.29) is 18.4 Å². The number of nitrogens with zero attached hydrogens (tertiary/aromatic N) is 3. The van der Waals surface area contributed by atoms with Gasteiger partial charge in [0.2, 0.25) is 5.91 Å². The molecule has 1 aromatic carbocycles. The normalized spacial score (nSPS) is 27.7. The first-order chi connectivity index (χ1) is 17.0. The Morgan fingerprint density at radius 2 is 1.83 bits per heavy atom. The van der Waals surface area contributed by atoms with Crippen molar-refractivity contribution in [2.45, 2.75) is 75.4 Å². The summed E-state index contributed by atoms with van der Waals surface area (Å²) in [5.74, 6) is -1.66. The number of nitrogens with one attached hydrogen (secondary N) is 1. The average molecular weight is 483 g/mol. The van der Waals surface area contributed by atoms with E-state index in [1.807, 2.05) is 18.3 Å². The molecule has 3 amide bonds. The van der Waals surface area contributed by atoms with Gasteiger partial charge in [-0.2, -0.15) is 0 Å². The average Bonchev–Trinajstić information content (AvgIpc) is 3.34. The summed E-state index contributed by atoms with van der Waals surface area (Å²) < 4.78 is 27.3. The summed E-state index contributed by atoms with van der Waals surface area (Å²) in [4.78, 5) is 34.1. The number of benzene rings is 1. The number of halogens is 2. The number of carbonyl (C=O) groups is 2. The Kier molecular flexibility index (Phi) is 7.09. The molecular formula is C27H32F2N4O2. The van der Waals surface area contributed by atoms with Crippen molar-refractivity contribution in [3.8, 4) is 0 Å². The molecule has 1 N–H and O–H groups in total. The van der Waals surface area contributed by atoms with Gasteiger partial charge in [0, 0.05) is 49.4 Å². The second-order valence-corrected chi connectivity index (χ2v) is 10.0. The van der Waals surface area contributed by atoms with Crippen molar-refractivity contribution >= 4 is 11.9 Å². The van der Waals surface area contributed by atoms with E-state index in [1.165, 1.54) is 16.7 Å². The molecule has 3 fully saturated rings. The molecule has 0 bridgehead atoms. The summed E-state index contributed by atoms with van der Waals surface area (Å²) in [6.07, 6.45) is 8.61. The van der Waals surface area contributed by atoms with Gasteiger partial charge < -0.3 is 5.32 Å². The number of hydrogen-bond donors (Lipinski definition) is 1. The predicted octanol–water partition coefficient (Wildman–Crippen LogP) is 4.92. The maximum absolute atomic E-state index is 13.8. The SMILES string of the molecule is O=C1CCCC(c2ccc(F)c(F)c2)N1C(=O)N[C@@H]1CCN(C2CCC(c3ccccn3)CC2)C1. The van der Waals surface area contributed by atoms with Gasteiger partial charge in [-0.25, -0.2) is 13.6 Å². The molecule has 35 heavy (non-hydrogen) atoms. The van der Waals surface area contributed by atoms with Gasteiger partial charge in [0.05, 0.1) is 6.04 Å². The highest BCUT2D eigenvalue weighted by Gasteiger charge is 2.37. The molecule has 2 aliphatic heterocycles. The van der Waals surface area contributed by atoms with Gasteiger partial charge in [-0.15, -0.1) is 0 Å². The van der Waals surface area contributed by atoms with Crippen LogP contribution in [0.3, 0.4) is 0 Å². The van der Waals surface area contributed by atoms with Gasteiger partial charge in [0.15, 0.2) is 11.6 Å². The molecule has 1 aromatic heterocycles. The summed E-state index contributed by atoms with van der Waals surface area (Å²) >= 11 is 0. The third kappa shape index (κ3) is 5.22. The Morgan fingerprint density at radius 1 is 1.00 bits per heavy atom. The van der Waals surface area contributed by atoms with E-state index in [9.17, 15) is 18.4 Å². The quantitative estimate of drug-likeness (QED) is 0.672. The number of amides is 3. The molecule has 2 saturated heterocycles. The largest absolute Gasteiger partial charge is 0.334 e. The maximum atomic E-state index is 13.8.